The lowest BCUT2D eigenvalue weighted by Gasteiger charge is -2.11. The molecule has 5 nitrogen and oxygen atoms in total. The quantitative estimate of drug-likeness (QED) is 0.668. The average Bonchev–Trinajstić information content (AvgIpc) is 2.70. The summed E-state index contributed by atoms with van der Waals surface area (Å²) in [6.45, 7) is 0.276. The van der Waals surface area contributed by atoms with E-state index in [2.05, 4.69) is 17.2 Å². The Hall–Kier alpha value is -3.07. The molecule has 1 aromatic heterocycles. The number of nitrogens with one attached hydrogen (secondary N) is 1. The fourth-order valence-corrected chi connectivity index (χ4v) is 3.05. The van der Waals surface area contributed by atoms with E-state index in [1.54, 1.807) is 35.9 Å². The van der Waals surface area contributed by atoms with Gasteiger partial charge in [0.05, 0.1) is 12.1 Å². The van der Waals surface area contributed by atoms with Crippen LogP contribution in [0.5, 0.6) is 0 Å². The van der Waals surface area contributed by atoms with Crippen LogP contribution < -0.4 is 10.7 Å². The number of aliphatic hydroxyl groups excluding tert-OH is 1. The molecular weight excluding hydrogens is 376 g/mol. The van der Waals surface area contributed by atoms with Crippen molar-refractivity contribution in [2.24, 2.45) is 7.05 Å². The van der Waals surface area contributed by atoms with E-state index in [1.165, 1.54) is 6.20 Å². The summed E-state index contributed by atoms with van der Waals surface area (Å²) in [4.78, 5) is 25.5. The number of nitrogens with zero attached hydrogens (tertiary/aromatic N) is 1. The zero-order valence-corrected chi connectivity index (χ0v) is 16.1. The van der Waals surface area contributed by atoms with Gasteiger partial charge in [-0.15, -0.1) is 0 Å². The van der Waals surface area contributed by atoms with Crippen molar-refractivity contribution in [1.82, 2.24) is 9.88 Å². The Kier molecular flexibility index (Phi) is 6.15. The summed E-state index contributed by atoms with van der Waals surface area (Å²) in [6.07, 6.45) is 1.88. The summed E-state index contributed by atoms with van der Waals surface area (Å²) in [6, 6.07) is 12.4. The molecule has 0 aliphatic rings. The highest BCUT2D eigenvalue weighted by atomic mass is 35.5. The normalized spacial score (nSPS) is 10.4. The monoisotopic (exact) mass is 394 g/mol. The first kappa shape index (κ1) is 19.7. The van der Waals surface area contributed by atoms with E-state index in [0.29, 0.717) is 34.5 Å². The largest absolute Gasteiger partial charge is 0.395 e. The second-order valence-corrected chi connectivity index (χ2v) is 6.71. The third-order valence-electron chi connectivity index (χ3n) is 4.27. The summed E-state index contributed by atoms with van der Waals surface area (Å²) in [5.74, 6) is 5.41. The van der Waals surface area contributed by atoms with Gasteiger partial charge in [-0.3, -0.25) is 9.59 Å². The zero-order chi connectivity index (χ0) is 20.1. The van der Waals surface area contributed by atoms with Gasteiger partial charge in [-0.25, -0.2) is 0 Å². The Morgan fingerprint density at radius 3 is 2.68 bits per heavy atom. The van der Waals surface area contributed by atoms with Crippen LogP contribution in [0.3, 0.4) is 0 Å². The molecule has 2 N–H and O–H groups in total. The van der Waals surface area contributed by atoms with Gasteiger partial charge in [-0.1, -0.05) is 41.6 Å². The number of halogens is 1. The van der Waals surface area contributed by atoms with Crippen LogP contribution in [0, 0.1) is 11.8 Å². The van der Waals surface area contributed by atoms with Crippen molar-refractivity contribution < 1.29 is 9.90 Å². The van der Waals surface area contributed by atoms with Gasteiger partial charge in [0, 0.05) is 42.2 Å². The van der Waals surface area contributed by atoms with Crippen molar-refractivity contribution in [3.63, 3.8) is 0 Å². The molecule has 0 saturated carbocycles. The topological polar surface area (TPSA) is 71.3 Å². The van der Waals surface area contributed by atoms with E-state index < -0.39 is 5.91 Å². The van der Waals surface area contributed by atoms with Gasteiger partial charge in [0.15, 0.2) is 0 Å². The van der Waals surface area contributed by atoms with Gasteiger partial charge in [-0.2, -0.15) is 0 Å². The minimum Gasteiger partial charge on any atom is -0.395 e. The standard InChI is InChI=1S/C22H19ClN2O3/c1-25-14-19(22(28)24-13-15-8-10-17(23)11-9-15)21(27)18-7-4-6-16(20(18)25)5-2-3-12-26/h4,6-11,14,26H,3,12-13H2,1H3,(H,24,28). The molecule has 0 radical (unpaired) electrons. The molecule has 0 bridgehead atoms. The third-order valence-corrected chi connectivity index (χ3v) is 4.52. The number of hydrogen-bond donors (Lipinski definition) is 2. The molecule has 0 aliphatic heterocycles. The highest BCUT2D eigenvalue weighted by molar-refractivity contribution is 6.30. The Bertz CT molecular complexity index is 1140. The van der Waals surface area contributed by atoms with Crippen LogP contribution in [0.2, 0.25) is 5.02 Å². The molecule has 6 heteroatoms. The Morgan fingerprint density at radius 2 is 1.96 bits per heavy atom. The van der Waals surface area contributed by atoms with Gasteiger partial charge >= 0.3 is 0 Å². The lowest BCUT2D eigenvalue weighted by atomic mass is 10.1. The smallest absolute Gasteiger partial charge is 0.257 e. The van der Waals surface area contributed by atoms with Crippen LogP contribution in [0.25, 0.3) is 10.9 Å². The Balaban J connectivity index is 1.93. The molecule has 3 aromatic rings. The van der Waals surface area contributed by atoms with Crippen molar-refractivity contribution in [1.29, 1.82) is 0 Å². The predicted molar refractivity (Wildman–Crippen MR) is 110 cm³/mol. The molecule has 1 amide bonds. The van der Waals surface area contributed by atoms with Crippen LogP contribution >= 0.6 is 11.6 Å². The maximum atomic E-state index is 12.9. The van der Waals surface area contributed by atoms with Crippen LogP contribution in [0.4, 0.5) is 0 Å². The maximum Gasteiger partial charge on any atom is 0.257 e. The summed E-state index contributed by atoms with van der Waals surface area (Å²) >= 11 is 5.86. The molecule has 0 atom stereocenters. The van der Waals surface area contributed by atoms with Gasteiger partial charge < -0.3 is 15.0 Å². The fraction of sp³-hybridized carbons (Fsp3) is 0.182. The van der Waals surface area contributed by atoms with Crippen molar-refractivity contribution in [2.75, 3.05) is 6.61 Å². The van der Waals surface area contributed by atoms with E-state index in [1.807, 2.05) is 18.2 Å². The van der Waals surface area contributed by atoms with Crippen LogP contribution in [-0.4, -0.2) is 22.2 Å². The van der Waals surface area contributed by atoms with Gasteiger partial charge in [0.1, 0.15) is 5.56 Å². The number of carbonyl (C=O) groups is 1. The SMILES string of the molecule is Cn1cc(C(=O)NCc2ccc(Cl)cc2)c(=O)c2cccc(C#CCCO)c21. The molecule has 0 aliphatic carbocycles. The van der Waals surface area contributed by atoms with Gasteiger partial charge in [0.2, 0.25) is 5.43 Å². The van der Waals surface area contributed by atoms with Crippen molar-refractivity contribution in [2.45, 2.75) is 13.0 Å². The average molecular weight is 395 g/mol. The predicted octanol–water partition coefficient (Wildman–Crippen LogP) is 2.86. The first-order valence-corrected chi connectivity index (χ1v) is 9.14. The number of fused-ring (bicyclic) bond motifs is 1. The second kappa shape index (κ2) is 8.75. The summed E-state index contributed by atoms with van der Waals surface area (Å²) in [7, 11) is 1.77. The lowest BCUT2D eigenvalue weighted by molar-refractivity contribution is 0.0949. The summed E-state index contributed by atoms with van der Waals surface area (Å²) in [5.41, 5.74) is 1.96. The minimum absolute atomic E-state index is 0.0192. The zero-order valence-electron chi connectivity index (χ0n) is 15.3. The number of para-hydroxylation sites is 1. The van der Waals surface area contributed by atoms with E-state index in [0.717, 1.165) is 5.56 Å². The Labute approximate surface area is 167 Å². The molecule has 0 fully saturated rings. The van der Waals surface area contributed by atoms with E-state index >= 15 is 0 Å². The van der Waals surface area contributed by atoms with Crippen LogP contribution in [0.15, 0.2) is 53.5 Å². The Morgan fingerprint density at radius 1 is 1.21 bits per heavy atom. The third kappa shape index (κ3) is 4.25. The van der Waals surface area contributed by atoms with Crippen LogP contribution in [-0.2, 0) is 13.6 Å². The number of hydrogen-bond acceptors (Lipinski definition) is 3. The number of aliphatic hydroxyl groups is 1. The highest BCUT2D eigenvalue weighted by Gasteiger charge is 2.15. The molecule has 1 heterocycles. The molecule has 3 rings (SSSR count). The maximum absolute atomic E-state index is 12.9. The van der Waals surface area contributed by atoms with E-state index in [-0.39, 0.29) is 17.6 Å². The van der Waals surface area contributed by atoms with E-state index in [4.69, 9.17) is 16.7 Å². The molecule has 2 aromatic carbocycles. The summed E-state index contributed by atoms with van der Waals surface area (Å²) in [5, 5.41) is 12.7. The van der Waals surface area contributed by atoms with Gasteiger partial charge in [-0.05, 0) is 29.8 Å². The molecule has 0 saturated heterocycles. The van der Waals surface area contributed by atoms with Crippen molar-refractivity contribution in [3.8, 4) is 11.8 Å². The molecule has 0 unspecified atom stereocenters. The molecule has 142 valence electrons. The molecule has 28 heavy (non-hydrogen) atoms. The highest BCUT2D eigenvalue weighted by Crippen LogP contribution is 2.16. The van der Waals surface area contributed by atoms with Crippen LogP contribution in [0.1, 0.15) is 27.9 Å². The van der Waals surface area contributed by atoms with Crippen molar-refractivity contribution >= 4 is 28.4 Å². The number of benzene rings is 2. The number of rotatable bonds is 4. The van der Waals surface area contributed by atoms with Gasteiger partial charge in [0.25, 0.3) is 5.91 Å². The number of carbonyl (C=O) groups excluding carboxylic acids is 1. The second-order valence-electron chi connectivity index (χ2n) is 6.27. The first-order valence-electron chi connectivity index (χ1n) is 8.76. The minimum atomic E-state index is -0.436. The fourth-order valence-electron chi connectivity index (χ4n) is 2.92. The number of pyridine rings is 1. The number of amides is 1. The van der Waals surface area contributed by atoms with E-state index in [9.17, 15) is 9.59 Å². The van der Waals surface area contributed by atoms with Crippen molar-refractivity contribution in [3.05, 3.63) is 80.6 Å². The number of aromatic nitrogens is 1. The molecular formula is C22H19ClN2O3. The number of aryl methyl sites for hydroxylation is 1. The first-order chi connectivity index (χ1) is 13.5. The summed E-state index contributed by atoms with van der Waals surface area (Å²) < 4.78 is 1.73. The lowest BCUT2D eigenvalue weighted by Crippen LogP contribution is -2.29. The molecule has 0 spiro atoms.